The van der Waals surface area contributed by atoms with Gasteiger partial charge in [-0.2, -0.15) is 0 Å². The minimum Gasteiger partial charge on any atom is -0.492 e. The number of nitrogens with zero attached hydrogens (tertiary/aromatic N) is 1. The maximum absolute atomic E-state index is 12.5. The third kappa shape index (κ3) is 41.4. The first-order chi connectivity index (χ1) is 27.0. The predicted molar refractivity (Wildman–Crippen MR) is 234 cm³/mol. The minimum atomic E-state index is -4.29. The average molecular weight is 809 g/mol. The molecule has 0 aromatic rings. The summed E-state index contributed by atoms with van der Waals surface area (Å²) in [4.78, 5) is 22.6. The number of hydrogen-bond donors (Lipinski definition) is 2. The molecule has 0 aromatic carbocycles. The van der Waals surface area contributed by atoms with Gasteiger partial charge >= 0.3 is 13.8 Å². The third-order valence-corrected chi connectivity index (χ3v) is 9.92. The molecular weight excluding hydrogens is 725 g/mol. The van der Waals surface area contributed by atoms with Crippen LogP contribution in [0.5, 0.6) is 0 Å². The Labute approximate surface area is 343 Å². The Kier molecular flexibility index (Phi) is 36.7. The van der Waals surface area contributed by atoms with E-state index in [1.807, 2.05) is 45.4 Å². The zero-order valence-electron chi connectivity index (χ0n) is 36.2. The van der Waals surface area contributed by atoms with Gasteiger partial charge in [-0.05, 0) is 76.7 Å². The molecule has 10 heteroatoms. The van der Waals surface area contributed by atoms with E-state index < -0.39 is 13.9 Å². The molecule has 0 rings (SSSR count). The van der Waals surface area contributed by atoms with Gasteiger partial charge in [0.05, 0.1) is 40.1 Å². The van der Waals surface area contributed by atoms with Gasteiger partial charge in [0, 0.05) is 6.42 Å². The fourth-order valence-electron chi connectivity index (χ4n) is 5.40. The van der Waals surface area contributed by atoms with E-state index in [2.05, 4.69) is 56.4 Å². The van der Waals surface area contributed by atoms with Crippen molar-refractivity contribution in [1.29, 1.82) is 0 Å². The SMILES string of the molecule is CCCCCC/C=C\CCCCCCCC/C=C/O[C@H](COC(=O)CCC/C=C\C/C=C\C/C=C\C=C\[C@H](O)CCCCC)COP(=O)(O)OCC[N+](C)(C)C. The molecule has 0 bridgehead atoms. The second-order valence-electron chi connectivity index (χ2n) is 15.6. The third-order valence-electron chi connectivity index (χ3n) is 8.93. The van der Waals surface area contributed by atoms with Crippen LogP contribution in [0.1, 0.15) is 155 Å². The van der Waals surface area contributed by atoms with E-state index in [0.717, 1.165) is 64.2 Å². The topological polar surface area (TPSA) is 112 Å². The van der Waals surface area contributed by atoms with Crippen LogP contribution in [0.25, 0.3) is 0 Å². The lowest BCUT2D eigenvalue weighted by Gasteiger charge is -2.24. The number of unbranched alkanes of at least 4 members (excludes halogenated alkanes) is 14. The summed E-state index contributed by atoms with van der Waals surface area (Å²) < 4.78 is 34.6. The molecule has 0 heterocycles. The number of carbonyl (C=O) groups excluding carboxylic acids is 1. The first-order valence-corrected chi connectivity index (χ1v) is 23.3. The van der Waals surface area contributed by atoms with E-state index in [9.17, 15) is 19.4 Å². The number of aliphatic hydroxyl groups is 1. The highest BCUT2D eigenvalue weighted by Crippen LogP contribution is 2.43. The van der Waals surface area contributed by atoms with Crippen molar-refractivity contribution in [2.24, 2.45) is 0 Å². The molecule has 0 aliphatic heterocycles. The van der Waals surface area contributed by atoms with Crippen LogP contribution in [0.4, 0.5) is 0 Å². The van der Waals surface area contributed by atoms with Crippen molar-refractivity contribution < 1.29 is 42.4 Å². The number of phosphoric acid groups is 1. The van der Waals surface area contributed by atoms with Gasteiger partial charge in [-0.15, -0.1) is 0 Å². The molecule has 0 aliphatic rings. The number of carbonyl (C=O) groups is 1. The molecule has 0 saturated carbocycles. The first-order valence-electron chi connectivity index (χ1n) is 21.8. The maximum atomic E-state index is 12.5. The second kappa shape index (κ2) is 38.3. The number of rotatable bonds is 39. The van der Waals surface area contributed by atoms with Gasteiger partial charge in [-0.25, -0.2) is 4.57 Å². The quantitative estimate of drug-likeness (QED) is 0.0120. The van der Waals surface area contributed by atoms with Gasteiger partial charge in [0.25, 0.3) is 0 Å². The number of hydrogen-bond acceptors (Lipinski definition) is 7. The Morgan fingerprint density at radius 3 is 1.88 bits per heavy atom. The monoisotopic (exact) mass is 809 g/mol. The molecule has 56 heavy (non-hydrogen) atoms. The molecule has 0 saturated heterocycles. The van der Waals surface area contributed by atoms with Crippen molar-refractivity contribution in [1.82, 2.24) is 0 Å². The smallest absolute Gasteiger partial charge is 0.472 e. The van der Waals surface area contributed by atoms with Crippen LogP contribution in [0.2, 0.25) is 0 Å². The van der Waals surface area contributed by atoms with E-state index in [0.29, 0.717) is 17.4 Å². The highest BCUT2D eigenvalue weighted by Gasteiger charge is 2.25. The summed E-state index contributed by atoms with van der Waals surface area (Å²) in [6.07, 6.45) is 46.5. The zero-order chi connectivity index (χ0) is 41.4. The number of allylic oxidation sites excluding steroid dienone is 10. The first kappa shape index (κ1) is 53.7. The lowest BCUT2D eigenvalue weighted by atomic mass is 10.1. The number of phosphoric ester groups is 1. The highest BCUT2D eigenvalue weighted by atomic mass is 31.2. The van der Waals surface area contributed by atoms with Crippen LogP contribution in [0, 0.1) is 0 Å². The molecule has 3 atom stereocenters. The van der Waals surface area contributed by atoms with Gasteiger partial charge in [-0.3, -0.25) is 13.8 Å². The summed E-state index contributed by atoms with van der Waals surface area (Å²) in [5.74, 6) is -0.352. The van der Waals surface area contributed by atoms with Crippen LogP contribution in [0.3, 0.4) is 0 Å². The molecule has 324 valence electrons. The van der Waals surface area contributed by atoms with E-state index >= 15 is 0 Å². The molecule has 0 aliphatic carbocycles. The second-order valence-corrected chi connectivity index (χ2v) is 17.1. The fourth-order valence-corrected chi connectivity index (χ4v) is 6.14. The molecule has 0 aromatic heterocycles. The average Bonchev–Trinajstić information content (AvgIpc) is 3.15. The van der Waals surface area contributed by atoms with Crippen molar-refractivity contribution in [3.8, 4) is 0 Å². The van der Waals surface area contributed by atoms with E-state index in [1.54, 1.807) is 6.26 Å². The van der Waals surface area contributed by atoms with E-state index in [4.69, 9.17) is 18.5 Å². The molecule has 1 unspecified atom stereocenters. The van der Waals surface area contributed by atoms with Crippen LogP contribution < -0.4 is 0 Å². The largest absolute Gasteiger partial charge is 0.492 e. The van der Waals surface area contributed by atoms with Crippen LogP contribution in [-0.4, -0.2) is 80.2 Å². The molecule has 2 N–H and O–H groups in total. The maximum Gasteiger partial charge on any atom is 0.472 e. The standard InChI is InChI=1S/C46H82NO8P/c1-6-8-10-11-12-13-14-15-16-17-18-22-25-28-31-35-40-52-45(43-55-56(50,51)54-41-39-47(3,4)5)42-53-46(49)38-34-30-27-24-21-19-20-23-26-29-33-37-44(48)36-32-9-7-2/h13-14,19-20,24,26-27,29,33,35,37,40,44-45,48H,6-12,15-18,21-23,25,28,30-32,34,36,38-39,41-43H2,1-5H3/p+1/b14-13-,20-19-,27-24-,29-26-,37-33+,40-35+/t44-,45-/m1/s1. The van der Waals surface area contributed by atoms with E-state index in [1.165, 1.54) is 64.2 Å². The summed E-state index contributed by atoms with van der Waals surface area (Å²) in [6, 6.07) is 0. The number of aliphatic hydroxyl groups excluding tert-OH is 1. The minimum absolute atomic E-state index is 0.0691. The van der Waals surface area contributed by atoms with Crippen molar-refractivity contribution in [2.45, 2.75) is 167 Å². The lowest BCUT2D eigenvalue weighted by molar-refractivity contribution is -0.870. The van der Waals surface area contributed by atoms with E-state index in [-0.39, 0.29) is 38.3 Å². The molecule has 9 nitrogen and oxygen atoms in total. The zero-order valence-corrected chi connectivity index (χ0v) is 37.1. The van der Waals surface area contributed by atoms with Gasteiger partial charge in [0.2, 0.25) is 0 Å². The van der Waals surface area contributed by atoms with Crippen molar-refractivity contribution in [3.63, 3.8) is 0 Å². The van der Waals surface area contributed by atoms with Crippen molar-refractivity contribution in [2.75, 3.05) is 47.5 Å². The summed E-state index contributed by atoms with van der Waals surface area (Å²) in [7, 11) is 1.60. The van der Waals surface area contributed by atoms with Crippen molar-refractivity contribution in [3.05, 3.63) is 73.1 Å². The summed E-state index contributed by atoms with van der Waals surface area (Å²) >= 11 is 0. The molecular formula is C46H83NO8P+. The lowest BCUT2D eigenvalue weighted by Crippen LogP contribution is -2.37. The molecule has 0 radical (unpaired) electrons. The highest BCUT2D eigenvalue weighted by molar-refractivity contribution is 7.47. The Balaban J connectivity index is 4.45. The Hall–Kier alpha value is -2.26. The normalized spacial score (nSPS) is 15.0. The van der Waals surface area contributed by atoms with Gasteiger partial charge in [0.15, 0.2) is 6.10 Å². The van der Waals surface area contributed by atoms with Crippen molar-refractivity contribution >= 4 is 13.8 Å². The summed E-state index contributed by atoms with van der Waals surface area (Å²) in [5.41, 5.74) is 0. The summed E-state index contributed by atoms with van der Waals surface area (Å²) in [6.45, 7) is 4.67. The number of likely N-dealkylation sites (N-methyl/N-ethyl adjacent to an activating group) is 1. The molecule has 0 spiro atoms. The molecule has 0 fully saturated rings. The summed E-state index contributed by atoms with van der Waals surface area (Å²) in [5, 5.41) is 9.90. The Morgan fingerprint density at radius 1 is 0.661 bits per heavy atom. The Bertz CT molecular complexity index is 1140. The number of quaternary nitrogens is 1. The van der Waals surface area contributed by atoms with Gasteiger partial charge in [0.1, 0.15) is 19.8 Å². The van der Waals surface area contributed by atoms with Crippen LogP contribution in [0.15, 0.2) is 73.1 Å². The Morgan fingerprint density at radius 2 is 1.21 bits per heavy atom. The number of ether oxygens (including phenoxy) is 2. The van der Waals surface area contributed by atoms with Gasteiger partial charge < -0.3 is 24.0 Å². The van der Waals surface area contributed by atoms with Crippen LogP contribution >= 0.6 is 7.82 Å². The number of esters is 1. The van der Waals surface area contributed by atoms with Crippen LogP contribution in [-0.2, 0) is 27.9 Å². The van der Waals surface area contributed by atoms with Gasteiger partial charge in [-0.1, -0.05) is 139 Å². The fraction of sp³-hybridized carbons (Fsp3) is 0.717. The molecule has 0 amide bonds. The predicted octanol–water partition coefficient (Wildman–Crippen LogP) is 12.0.